The van der Waals surface area contributed by atoms with Crippen molar-refractivity contribution in [1.82, 2.24) is 25.1 Å². The number of hydrogen-bond acceptors (Lipinski definition) is 6. The van der Waals surface area contributed by atoms with Crippen LogP contribution >= 0.6 is 0 Å². The number of carbonyl (C=O) groups excluding carboxylic acids is 2. The molecule has 0 fully saturated rings. The van der Waals surface area contributed by atoms with E-state index < -0.39 is 23.0 Å². The molecule has 0 saturated carbocycles. The number of esters is 1. The molecule has 0 saturated heterocycles. The van der Waals surface area contributed by atoms with E-state index in [4.69, 9.17) is 4.74 Å². The number of aromatic nitrogens is 4. The normalized spacial score (nSPS) is 11.0. The summed E-state index contributed by atoms with van der Waals surface area (Å²) in [6.45, 7) is 7.20. The summed E-state index contributed by atoms with van der Waals surface area (Å²) in [6.07, 6.45) is 1.29. The molecule has 2 rings (SSSR count). The van der Waals surface area contributed by atoms with E-state index in [1.807, 2.05) is 0 Å². The first-order valence-electron chi connectivity index (χ1n) is 6.71. The van der Waals surface area contributed by atoms with Gasteiger partial charge in [0.2, 0.25) is 5.69 Å². The van der Waals surface area contributed by atoms with Gasteiger partial charge in [0.05, 0.1) is 6.61 Å². The molecule has 0 unspecified atom stereocenters. The van der Waals surface area contributed by atoms with E-state index in [9.17, 15) is 14.4 Å². The Labute approximate surface area is 154 Å². The van der Waals surface area contributed by atoms with Crippen LogP contribution in [0.5, 0.6) is 0 Å². The Morgan fingerprint density at radius 1 is 1.35 bits per heavy atom. The van der Waals surface area contributed by atoms with E-state index in [0.717, 1.165) is 4.52 Å². The molecule has 0 spiro atoms. The van der Waals surface area contributed by atoms with Crippen molar-refractivity contribution >= 4 is 47.1 Å². The van der Waals surface area contributed by atoms with Crippen molar-refractivity contribution in [2.75, 3.05) is 6.61 Å². The molecule has 10 heteroatoms. The molecule has 0 bridgehead atoms. The first-order chi connectivity index (χ1) is 10.2. The predicted molar refractivity (Wildman–Crippen MR) is 82.5 cm³/mol. The minimum absolute atomic E-state index is 0. The quantitative estimate of drug-likeness (QED) is 0.591. The van der Waals surface area contributed by atoms with Gasteiger partial charge in [0.15, 0.2) is 5.65 Å². The van der Waals surface area contributed by atoms with Gasteiger partial charge in [-0.3, -0.25) is 14.7 Å². The molecule has 0 aliphatic carbocycles. The minimum atomic E-state index is -0.692. The summed E-state index contributed by atoms with van der Waals surface area (Å²) in [5.41, 5.74) is -1.48. The maximum atomic E-state index is 12.3. The predicted octanol–water partition coefficient (Wildman–Crippen LogP) is -0.258. The van der Waals surface area contributed by atoms with Crippen molar-refractivity contribution in [2.24, 2.45) is 0 Å². The molecule has 0 aromatic carbocycles. The Bertz CT molecular complexity index is 790. The summed E-state index contributed by atoms with van der Waals surface area (Å²) in [4.78, 5) is 36.0. The number of amides is 1. The summed E-state index contributed by atoms with van der Waals surface area (Å²) >= 11 is 0. The molecule has 0 aliphatic rings. The monoisotopic (exact) mass is 330 g/mol. The van der Waals surface area contributed by atoms with Crippen LogP contribution in [0.4, 0.5) is 0 Å². The average Bonchev–Trinajstić information content (AvgIpc) is 2.82. The fourth-order valence-corrected chi connectivity index (χ4v) is 1.78. The van der Waals surface area contributed by atoms with Crippen LogP contribution in [0.1, 0.15) is 48.5 Å². The number of hydrogen-bond donors (Lipinski definition) is 2. The number of nitrogens with zero attached hydrogens (tertiary/aromatic N) is 3. The van der Waals surface area contributed by atoms with Crippen LogP contribution in [0, 0.1) is 0 Å². The van der Waals surface area contributed by atoms with E-state index in [1.54, 1.807) is 27.7 Å². The second-order valence-corrected chi connectivity index (χ2v) is 5.62. The van der Waals surface area contributed by atoms with E-state index in [1.165, 1.54) is 6.20 Å². The van der Waals surface area contributed by atoms with Crippen LogP contribution in [0.2, 0.25) is 0 Å². The fraction of sp³-hybridized carbons (Fsp3) is 0.462. The van der Waals surface area contributed by atoms with E-state index >= 15 is 0 Å². The van der Waals surface area contributed by atoms with Gasteiger partial charge in [0.1, 0.15) is 5.56 Å². The summed E-state index contributed by atoms with van der Waals surface area (Å²) in [6, 6.07) is 0. The van der Waals surface area contributed by atoms with Crippen LogP contribution in [0.15, 0.2) is 11.0 Å². The number of aromatic amines is 1. The summed E-state index contributed by atoms with van der Waals surface area (Å²) < 4.78 is 5.84. The second kappa shape index (κ2) is 7.24. The zero-order chi connectivity index (χ0) is 16.5. The zero-order valence-corrected chi connectivity index (χ0v) is 15.8. The van der Waals surface area contributed by atoms with Crippen molar-refractivity contribution in [1.29, 1.82) is 0 Å². The number of ether oxygens (including phenoxy) is 1. The molecule has 9 nitrogen and oxygen atoms in total. The molecule has 1 amide bonds. The Morgan fingerprint density at radius 2 is 2.00 bits per heavy atom. The van der Waals surface area contributed by atoms with Crippen LogP contribution < -0.4 is 10.9 Å². The van der Waals surface area contributed by atoms with Gasteiger partial charge in [0.25, 0.3) is 5.91 Å². The Hall–Kier alpha value is -1.71. The van der Waals surface area contributed by atoms with E-state index in [-0.39, 0.29) is 53.1 Å². The van der Waals surface area contributed by atoms with Gasteiger partial charge in [-0.05, 0) is 27.7 Å². The fourth-order valence-electron chi connectivity index (χ4n) is 1.78. The standard InChI is InChI=1S/C13H17N5O4.Na/c1-5-22-12(21)7-6-14-18-9(7)17-16-8(11(18)20)10(19)15-13(2,3)4;/h6,14H,5H2,1-4H3,(H,15,19);. The Balaban J connectivity index is 0.00000264. The second-order valence-electron chi connectivity index (χ2n) is 5.62. The molecule has 2 aromatic heterocycles. The summed E-state index contributed by atoms with van der Waals surface area (Å²) in [5, 5.41) is 12.6. The average molecular weight is 330 g/mol. The first kappa shape index (κ1) is 19.3. The third kappa shape index (κ3) is 4.18. The molecule has 23 heavy (non-hydrogen) atoms. The summed E-state index contributed by atoms with van der Waals surface area (Å²) in [5.74, 6) is -1.26. The molecular formula is C13H17N5NaO4. The van der Waals surface area contributed by atoms with Gasteiger partial charge >= 0.3 is 11.5 Å². The zero-order valence-electron chi connectivity index (χ0n) is 13.8. The molecule has 0 aliphatic heterocycles. The van der Waals surface area contributed by atoms with Crippen molar-refractivity contribution in [3.8, 4) is 0 Å². The van der Waals surface area contributed by atoms with Crippen molar-refractivity contribution in [3.05, 3.63) is 27.8 Å². The smallest absolute Gasteiger partial charge is 0.343 e. The molecule has 119 valence electrons. The van der Waals surface area contributed by atoms with E-state index in [2.05, 4.69) is 20.6 Å². The van der Waals surface area contributed by atoms with Gasteiger partial charge in [-0.25, -0.2) is 4.79 Å². The van der Waals surface area contributed by atoms with Crippen LogP contribution in [-0.2, 0) is 4.74 Å². The number of H-pyrrole nitrogens is 1. The van der Waals surface area contributed by atoms with Crippen LogP contribution in [0.25, 0.3) is 5.65 Å². The molecule has 1 radical (unpaired) electrons. The maximum Gasteiger partial charge on any atom is 0.343 e. The molecule has 2 heterocycles. The van der Waals surface area contributed by atoms with Crippen molar-refractivity contribution < 1.29 is 14.3 Å². The molecule has 0 atom stereocenters. The van der Waals surface area contributed by atoms with Gasteiger partial charge in [-0.2, -0.15) is 4.52 Å². The van der Waals surface area contributed by atoms with Gasteiger partial charge in [0, 0.05) is 41.3 Å². The number of fused-ring (bicyclic) bond motifs is 1. The topological polar surface area (TPSA) is 118 Å². The van der Waals surface area contributed by atoms with Gasteiger partial charge in [-0.1, -0.05) is 0 Å². The van der Waals surface area contributed by atoms with Crippen LogP contribution in [-0.4, -0.2) is 73.4 Å². The third-order valence-corrected chi connectivity index (χ3v) is 2.64. The van der Waals surface area contributed by atoms with E-state index in [0.29, 0.717) is 0 Å². The summed E-state index contributed by atoms with van der Waals surface area (Å²) in [7, 11) is 0. The molecule has 2 aromatic rings. The van der Waals surface area contributed by atoms with Gasteiger partial charge in [-0.15, -0.1) is 10.2 Å². The minimum Gasteiger partial charge on any atom is -0.462 e. The molecular weight excluding hydrogens is 313 g/mol. The van der Waals surface area contributed by atoms with Crippen LogP contribution in [0.3, 0.4) is 0 Å². The number of rotatable bonds is 3. The number of carbonyl (C=O) groups is 2. The third-order valence-electron chi connectivity index (χ3n) is 2.64. The SMILES string of the molecule is CCOC(=O)c1c[nH]n2c(=O)c(C(=O)NC(C)(C)C)nnc12.[Na]. The van der Waals surface area contributed by atoms with Crippen molar-refractivity contribution in [3.63, 3.8) is 0 Å². The largest absolute Gasteiger partial charge is 0.462 e. The van der Waals surface area contributed by atoms with Gasteiger partial charge < -0.3 is 10.1 Å². The Morgan fingerprint density at radius 3 is 2.57 bits per heavy atom. The Kier molecular flexibility index (Phi) is 6.09. The first-order valence-corrected chi connectivity index (χ1v) is 6.71. The maximum absolute atomic E-state index is 12.3. The number of nitrogens with one attached hydrogen (secondary N) is 2. The molecule has 2 N–H and O–H groups in total. The van der Waals surface area contributed by atoms with Crippen molar-refractivity contribution in [2.45, 2.75) is 33.2 Å².